The minimum Gasteiger partial charge on any atom is -0.507 e. The Kier molecular flexibility index (Phi) is 5.02. The molecule has 0 aromatic heterocycles. The zero-order chi connectivity index (χ0) is 19.1. The van der Waals surface area contributed by atoms with Crippen LogP contribution in [-0.4, -0.2) is 33.0 Å². The number of aromatic hydroxyl groups is 1. The quantitative estimate of drug-likeness (QED) is 0.744. The summed E-state index contributed by atoms with van der Waals surface area (Å²) >= 11 is 0. The molecule has 1 aliphatic heterocycles. The molecule has 3 unspecified atom stereocenters. The van der Waals surface area contributed by atoms with E-state index in [2.05, 4.69) is 0 Å². The largest absolute Gasteiger partial charge is 0.507 e. The third-order valence-electron chi connectivity index (χ3n) is 5.68. The van der Waals surface area contributed by atoms with Gasteiger partial charge in [0.25, 0.3) is 0 Å². The van der Waals surface area contributed by atoms with Gasteiger partial charge >= 0.3 is 5.97 Å². The number of hydrogen-bond acceptors (Lipinski definition) is 4. The molecule has 1 heterocycles. The number of aryl methyl sites for hydroxylation is 1. The summed E-state index contributed by atoms with van der Waals surface area (Å²) in [6.07, 6.45) is 5.00. The van der Waals surface area contributed by atoms with Crippen LogP contribution in [0.5, 0.6) is 11.5 Å². The maximum Gasteiger partial charge on any atom is 0.331 e. The molecule has 0 bridgehead atoms. The first-order chi connectivity index (χ1) is 12.2. The lowest BCUT2D eigenvalue weighted by Crippen LogP contribution is -2.45. The molecule has 142 valence electrons. The molecule has 0 radical (unpaired) electrons. The molecule has 26 heavy (non-hydrogen) atoms. The first-order valence-corrected chi connectivity index (χ1v) is 9.36. The minimum atomic E-state index is -0.886. The van der Waals surface area contributed by atoms with Gasteiger partial charge in [0, 0.05) is 23.0 Å². The molecular formula is C21H28O5. The normalized spacial score (nSPS) is 24.7. The highest BCUT2D eigenvalue weighted by atomic mass is 16.5. The molecule has 5 nitrogen and oxygen atoms in total. The van der Waals surface area contributed by atoms with Crippen molar-refractivity contribution >= 4 is 5.97 Å². The fraction of sp³-hybridized carbons (Fsp3) is 0.571. The molecule has 1 aromatic rings. The summed E-state index contributed by atoms with van der Waals surface area (Å²) in [5, 5.41) is 29.5. The van der Waals surface area contributed by atoms with Gasteiger partial charge in [-0.3, -0.25) is 0 Å². The van der Waals surface area contributed by atoms with Gasteiger partial charge in [-0.25, -0.2) is 4.79 Å². The number of carboxylic acids is 1. The van der Waals surface area contributed by atoms with Crippen molar-refractivity contribution < 1.29 is 24.9 Å². The number of rotatable bonds is 5. The van der Waals surface area contributed by atoms with E-state index in [1.807, 2.05) is 19.9 Å². The van der Waals surface area contributed by atoms with Crippen molar-refractivity contribution in [1.29, 1.82) is 0 Å². The number of aliphatic hydroxyl groups is 1. The Labute approximate surface area is 154 Å². The lowest BCUT2D eigenvalue weighted by atomic mass is 9.67. The zero-order valence-electron chi connectivity index (χ0n) is 15.7. The number of benzene rings is 1. The number of aliphatic carboxylic acids is 1. The first-order valence-electron chi connectivity index (χ1n) is 9.36. The Morgan fingerprint density at radius 1 is 1.38 bits per heavy atom. The maximum atomic E-state index is 11.4. The second kappa shape index (κ2) is 6.95. The van der Waals surface area contributed by atoms with Gasteiger partial charge in [0.1, 0.15) is 17.1 Å². The molecule has 2 aliphatic rings. The van der Waals surface area contributed by atoms with E-state index in [-0.39, 0.29) is 23.7 Å². The first kappa shape index (κ1) is 18.8. The van der Waals surface area contributed by atoms with E-state index in [4.69, 9.17) is 4.74 Å². The van der Waals surface area contributed by atoms with Gasteiger partial charge in [0.15, 0.2) is 0 Å². The van der Waals surface area contributed by atoms with Gasteiger partial charge in [0.2, 0.25) is 0 Å². The monoisotopic (exact) mass is 360 g/mol. The summed E-state index contributed by atoms with van der Waals surface area (Å²) < 4.78 is 6.25. The lowest BCUT2D eigenvalue weighted by Gasteiger charge is -2.46. The van der Waals surface area contributed by atoms with E-state index >= 15 is 0 Å². The third-order valence-corrected chi connectivity index (χ3v) is 5.68. The van der Waals surface area contributed by atoms with E-state index in [1.165, 1.54) is 0 Å². The average molecular weight is 360 g/mol. The number of aliphatic hydroxyl groups excluding tert-OH is 1. The van der Waals surface area contributed by atoms with Crippen LogP contribution >= 0.6 is 0 Å². The van der Waals surface area contributed by atoms with Crippen molar-refractivity contribution in [3.63, 3.8) is 0 Å². The topological polar surface area (TPSA) is 87.0 Å². The fourth-order valence-electron chi connectivity index (χ4n) is 4.34. The predicted molar refractivity (Wildman–Crippen MR) is 98.6 cm³/mol. The second-order valence-corrected chi connectivity index (χ2v) is 8.14. The Morgan fingerprint density at radius 3 is 2.77 bits per heavy atom. The molecular weight excluding hydrogens is 332 g/mol. The SMILES string of the molecule is CC(O)CCCc1cc(O)c2c(c1)OC(C)(C)C1CCC(C(=O)O)=CC21. The highest BCUT2D eigenvalue weighted by Crippen LogP contribution is 2.53. The molecule has 0 fully saturated rings. The summed E-state index contributed by atoms with van der Waals surface area (Å²) in [6, 6.07) is 3.71. The predicted octanol–water partition coefficient (Wildman–Crippen LogP) is 3.77. The van der Waals surface area contributed by atoms with Crippen molar-refractivity contribution in [2.45, 2.75) is 70.5 Å². The van der Waals surface area contributed by atoms with E-state index in [0.29, 0.717) is 29.7 Å². The van der Waals surface area contributed by atoms with Crippen molar-refractivity contribution in [2.75, 3.05) is 0 Å². The van der Waals surface area contributed by atoms with Crippen molar-refractivity contribution in [3.05, 3.63) is 34.9 Å². The Balaban J connectivity index is 1.97. The summed E-state index contributed by atoms with van der Waals surface area (Å²) in [5.41, 5.74) is 1.65. The number of carbonyl (C=O) groups is 1. The number of carboxylic acid groups (broad SMARTS) is 1. The molecule has 0 spiro atoms. The van der Waals surface area contributed by atoms with Gasteiger partial charge in [-0.1, -0.05) is 6.08 Å². The van der Waals surface area contributed by atoms with Crippen LogP contribution < -0.4 is 4.74 Å². The molecule has 1 aromatic carbocycles. The van der Waals surface area contributed by atoms with Crippen molar-refractivity contribution in [1.82, 2.24) is 0 Å². The standard InChI is InChI=1S/C21H28O5/c1-12(22)5-4-6-13-9-17(23)19-15-11-14(20(24)25)7-8-16(15)21(2,3)26-18(19)10-13/h9-12,15-16,22-23H,4-8H2,1-3H3,(H,24,25). The molecule has 0 saturated carbocycles. The van der Waals surface area contributed by atoms with E-state index in [1.54, 1.807) is 19.1 Å². The van der Waals surface area contributed by atoms with Crippen LogP contribution in [0.3, 0.4) is 0 Å². The molecule has 1 aliphatic carbocycles. The van der Waals surface area contributed by atoms with Gasteiger partial charge in [0.05, 0.1) is 6.10 Å². The van der Waals surface area contributed by atoms with Gasteiger partial charge in [-0.2, -0.15) is 0 Å². The van der Waals surface area contributed by atoms with Crippen LogP contribution in [-0.2, 0) is 11.2 Å². The van der Waals surface area contributed by atoms with E-state index in [0.717, 1.165) is 24.8 Å². The molecule has 3 rings (SSSR count). The average Bonchev–Trinajstić information content (AvgIpc) is 2.52. The van der Waals surface area contributed by atoms with E-state index in [9.17, 15) is 20.1 Å². The van der Waals surface area contributed by atoms with Crippen LogP contribution in [0.25, 0.3) is 0 Å². The van der Waals surface area contributed by atoms with Gasteiger partial charge in [-0.05, 0) is 70.6 Å². The van der Waals surface area contributed by atoms with E-state index < -0.39 is 11.6 Å². The van der Waals surface area contributed by atoms with Crippen LogP contribution in [0.1, 0.15) is 63.5 Å². The maximum absolute atomic E-state index is 11.4. The molecule has 0 saturated heterocycles. The van der Waals surface area contributed by atoms with Crippen molar-refractivity contribution in [3.8, 4) is 11.5 Å². The summed E-state index contributed by atoms with van der Waals surface area (Å²) in [5.74, 6) is -0.0946. The van der Waals surface area contributed by atoms with Crippen LogP contribution in [0, 0.1) is 5.92 Å². The third kappa shape index (κ3) is 3.58. The number of phenolic OH excluding ortho intramolecular Hbond substituents is 1. The number of ether oxygens (including phenoxy) is 1. The Bertz CT molecular complexity index is 732. The van der Waals surface area contributed by atoms with Gasteiger partial charge in [-0.15, -0.1) is 0 Å². The summed E-state index contributed by atoms with van der Waals surface area (Å²) in [6.45, 7) is 5.83. The Morgan fingerprint density at radius 2 is 2.12 bits per heavy atom. The highest BCUT2D eigenvalue weighted by Gasteiger charge is 2.46. The summed E-state index contributed by atoms with van der Waals surface area (Å²) in [7, 11) is 0. The van der Waals surface area contributed by atoms with Crippen molar-refractivity contribution in [2.24, 2.45) is 5.92 Å². The van der Waals surface area contributed by atoms with Crippen LogP contribution in [0.15, 0.2) is 23.8 Å². The lowest BCUT2D eigenvalue weighted by molar-refractivity contribution is -0.133. The molecule has 5 heteroatoms. The molecule has 0 amide bonds. The number of fused-ring (bicyclic) bond motifs is 3. The zero-order valence-corrected chi connectivity index (χ0v) is 15.7. The molecule has 3 atom stereocenters. The Hall–Kier alpha value is -2.01. The minimum absolute atomic E-state index is 0.130. The van der Waals surface area contributed by atoms with Gasteiger partial charge < -0.3 is 20.1 Å². The number of allylic oxidation sites excluding steroid dienone is 1. The van der Waals surface area contributed by atoms with Crippen LogP contribution in [0.2, 0.25) is 0 Å². The highest BCUT2D eigenvalue weighted by molar-refractivity contribution is 5.87. The summed E-state index contributed by atoms with van der Waals surface area (Å²) in [4.78, 5) is 11.4. The van der Waals surface area contributed by atoms with Crippen LogP contribution in [0.4, 0.5) is 0 Å². The second-order valence-electron chi connectivity index (χ2n) is 8.14. The number of phenols is 1. The molecule has 3 N–H and O–H groups in total. The number of hydrogen-bond donors (Lipinski definition) is 3. The smallest absolute Gasteiger partial charge is 0.331 e. The fourth-order valence-corrected chi connectivity index (χ4v) is 4.34.